The molecule has 10 aromatic rings. The van der Waals surface area contributed by atoms with Gasteiger partial charge in [-0.2, -0.15) is 0 Å². The molecule has 0 aliphatic heterocycles. The number of fused-ring (bicyclic) bond motifs is 6. The summed E-state index contributed by atoms with van der Waals surface area (Å²) in [4.78, 5) is 2.33. The third-order valence-electron chi connectivity index (χ3n) is 10.3. The highest BCUT2D eigenvalue weighted by Crippen LogP contribution is 2.43. The zero-order chi connectivity index (χ0) is 34.4. The van der Waals surface area contributed by atoms with Gasteiger partial charge in [0, 0.05) is 33.2 Å². The first-order chi connectivity index (χ1) is 25.8. The van der Waals surface area contributed by atoms with Gasteiger partial charge < -0.3 is 9.32 Å². The van der Waals surface area contributed by atoms with E-state index in [1.165, 1.54) is 49.5 Å². The van der Waals surface area contributed by atoms with Crippen LogP contribution in [0.4, 0.5) is 17.1 Å². The van der Waals surface area contributed by atoms with Gasteiger partial charge in [0.25, 0.3) is 0 Å². The van der Waals surface area contributed by atoms with E-state index in [-0.39, 0.29) is 0 Å². The molecule has 0 aliphatic carbocycles. The Bertz CT molecular complexity index is 2870. The molecule has 2 heteroatoms. The number of hydrogen-bond donors (Lipinski definition) is 0. The molecule has 0 unspecified atom stereocenters. The van der Waals surface area contributed by atoms with Gasteiger partial charge in [0.15, 0.2) is 0 Å². The van der Waals surface area contributed by atoms with Crippen LogP contribution in [0, 0.1) is 0 Å². The monoisotopic (exact) mass is 663 g/mol. The molecule has 0 saturated carbocycles. The van der Waals surface area contributed by atoms with Gasteiger partial charge in [-0.05, 0) is 98.1 Å². The minimum absolute atomic E-state index is 0.875. The van der Waals surface area contributed by atoms with Crippen molar-refractivity contribution in [3.8, 4) is 33.4 Å². The van der Waals surface area contributed by atoms with Crippen molar-refractivity contribution in [3.05, 3.63) is 200 Å². The van der Waals surface area contributed by atoms with E-state index in [0.717, 1.165) is 44.4 Å². The molecule has 9 aromatic carbocycles. The van der Waals surface area contributed by atoms with E-state index in [2.05, 4.69) is 205 Å². The molecule has 0 amide bonds. The summed E-state index contributed by atoms with van der Waals surface area (Å²) in [5, 5.41) is 7.00. The quantitative estimate of drug-likeness (QED) is 0.176. The molecular weight excluding hydrogens is 631 g/mol. The Labute approximate surface area is 302 Å². The highest BCUT2D eigenvalue weighted by molar-refractivity contribution is 6.19. The van der Waals surface area contributed by atoms with Gasteiger partial charge in [-0.25, -0.2) is 0 Å². The molecule has 1 heterocycles. The lowest BCUT2D eigenvalue weighted by Crippen LogP contribution is -2.09. The van der Waals surface area contributed by atoms with Crippen LogP contribution in [0.3, 0.4) is 0 Å². The summed E-state index contributed by atoms with van der Waals surface area (Å²) in [5.41, 5.74) is 12.3. The Hall–Kier alpha value is -6.90. The second-order valence-corrected chi connectivity index (χ2v) is 13.3. The second-order valence-electron chi connectivity index (χ2n) is 13.3. The van der Waals surface area contributed by atoms with Crippen molar-refractivity contribution < 1.29 is 4.42 Å². The van der Waals surface area contributed by atoms with Gasteiger partial charge in [0.05, 0.1) is 0 Å². The lowest BCUT2D eigenvalue weighted by molar-refractivity contribution is 0.672. The number of rotatable bonds is 6. The molecule has 0 spiro atoms. The molecule has 0 fully saturated rings. The highest BCUT2D eigenvalue weighted by atomic mass is 16.3. The zero-order valence-corrected chi connectivity index (χ0v) is 28.4. The summed E-state index contributed by atoms with van der Waals surface area (Å²) in [6, 6.07) is 71.6. The zero-order valence-electron chi connectivity index (χ0n) is 28.4. The molecule has 0 radical (unpaired) electrons. The maximum atomic E-state index is 6.66. The largest absolute Gasteiger partial charge is 0.455 e. The summed E-state index contributed by atoms with van der Waals surface area (Å²) in [5.74, 6) is 0. The van der Waals surface area contributed by atoms with Crippen molar-refractivity contribution in [1.82, 2.24) is 0 Å². The molecule has 0 aliphatic rings. The van der Waals surface area contributed by atoms with Gasteiger partial charge in [-0.3, -0.25) is 0 Å². The number of furan rings is 1. The highest BCUT2D eigenvalue weighted by Gasteiger charge is 2.19. The molecule has 52 heavy (non-hydrogen) atoms. The average molecular weight is 664 g/mol. The topological polar surface area (TPSA) is 16.4 Å². The smallest absolute Gasteiger partial charge is 0.143 e. The Kier molecular flexibility index (Phi) is 7.18. The molecule has 244 valence electrons. The van der Waals surface area contributed by atoms with Crippen LogP contribution in [0.2, 0.25) is 0 Å². The molecule has 0 bridgehead atoms. The van der Waals surface area contributed by atoms with Crippen molar-refractivity contribution in [2.75, 3.05) is 4.90 Å². The van der Waals surface area contributed by atoms with Crippen LogP contribution < -0.4 is 4.90 Å². The van der Waals surface area contributed by atoms with E-state index >= 15 is 0 Å². The Morgan fingerprint density at radius 3 is 1.65 bits per heavy atom. The van der Waals surface area contributed by atoms with Gasteiger partial charge in [0.2, 0.25) is 0 Å². The summed E-state index contributed by atoms with van der Waals surface area (Å²) >= 11 is 0. The summed E-state index contributed by atoms with van der Waals surface area (Å²) in [6.07, 6.45) is 0. The molecule has 0 saturated heterocycles. The first-order valence-corrected chi connectivity index (χ1v) is 17.8. The van der Waals surface area contributed by atoms with E-state index in [1.54, 1.807) is 0 Å². The van der Waals surface area contributed by atoms with Crippen molar-refractivity contribution in [2.45, 2.75) is 0 Å². The molecule has 2 nitrogen and oxygen atoms in total. The molecular formula is C50H33NO. The second kappa shape index (κ2) is 12.5. The van der Waals surface area contributed by atoms with Gasteiger partial charge >= 0.3 is 0 Å². The minimum atomic E-state index is 0.875. The molecule has 0 N–H and O–H groups in total. The van der Waals surface area contributed by atoms with Gasteiger partial charge in [-0.15, -0.1) is 0 Å². The van der Waals surface area contributed by atoms with Crippen LogP contribution in [-0.4, -0.2) is 0 Å². The van der Waals surface area contributed by atoms with Crippen LogP contribution in [0.1, 0.15) is 0 Å². The van der Waals surface area contributed by atoms with Crippen LogP contribution >= 0.6 is 0 Å². The fraction of sp³-hybridized carbons (Fsp3) is 0. The Morgan fingerprint density at radius 2 is 0.865 bits per heavy atom. The number of para-hydroxylation sites is 1. The van der Waals surface area contributed by atoms with Crippen molar-refractivity contribution in [2.24, 2.45) is 0 Å². The molecule has 1 aromatic heterocycles. The fourth-order valence-electron chi connectivity index (χ4n) is 7.73. The normalized spacial score (nSPS) is 11.5. The van der Waals surface area contributed by atoms with Crippen molar-refractivity contribution >= 4 is 60.5 Å². The van der Waals surface area contributed by atoms with Crippen molar-refractivity contribution in [3.63, 3.8) is 0 Å². The van der Waals surface area contributed by atoms with E-state index in [1.807, 2.05) is 0 Å². The predicted molar refractivity (Wildman–Crippen MR) is 220 cm³/mol. The van der Waals surface area contributed by atoms with Crippen LogP contribution in [0.5, 0.6) is 0 Å². The maximum absolute atomic E-state index is 6.66. The van der Waals surface area contributed by atoms with Crippen LogP contribution in [0.15, 0.2) is 205 Å². The van der Waals surface area contributed by atoms with Crippen LogP contribution in [-0.2, 0) is 0 Å². The van der Waals surface area contributed by atoms with Gasteiger partial charge in [0.1, 0.15) is 11.2 Å². The van der Waals surface area contributed by atoms with E-state index in [0.29, 0.717) is 0 Å². The number of anilines is 3. The average Bonchev–Trinajstić information content (AvgIpc) is 3.60. The summed E-state index contributed by atoms with van der Waals surface area (Å²) in [7, 11) is 0. The SMILES string of the molecule is c1ccc(-c2ccc(-c3cc4c5cc(N(c6ccccc6)c6ccc(-c7cccc8ccccc78)cc6)ccc5oc4c4ccccc34)cc2)cc1. The number of benzene rings is 9. The van der Waals surface area contributed by atoms with E-state index in [4.69, 9.17) is 4.42 Å². The third-order valence-corrected chi connectivity index (χ3v) is 10.3. The molecule has 0 atom stereocenters. The van der Waals surface area contributed by atoms with E-state index in [9.17, 15) is 0 Å². The lowest BCUT2D eigenvalue weighted by atomic mass is 9.94. The van der Waals surface area contributed by atoms with E-state index < -0.39 is 0 Å². The Morgan fingerprint density at radius 1 is 0.308 bits per heavy atom. The summed E-state index contributed by atoms with van der Waals surface area (Å²) in [6.45, 7) is 0. The minimum Gasteiger partial charge on any atom is -0.455 e. The maximum Gasteiger partial charge on any atom is 0.143 e. The summed E-state index contributed by atoms with van der Waals surface area (Å²) < 4.78 is 6.66. The lowest BCUT2D eigenvalue weighted by Gasteiger charge is -2.25. The first kappa shape index (κ1) is 30.0. The third kappa shape index (κ3) is 5.12. The number of hydrogen-bond acceptors (Lipinski definition) is 2. The molecule has 10 rings (SSSR count). The van der Waals surface area contributed by atoms with Crippen molar-refractivity contribution in [1.29, 1.82) is 0 Å². The predicted octanol–water partition coefficient (Wildman–Crippen LogP) is 14.4. The van der Waals surface area contributed by atoms with Crippen LogP contribution in [0.25, 0.3) is 76.9 Å². The fourth-order valence-corrected chi connectivity index (χ4v) is 7.73. The Balaban J connectivity index is 1.11. The number of nitrogens with zero attached hydrogens (tertiary/aromatic N) is 1. The standard InChI is InChI=1S/C50H33NO/c1-3-12-34(13-4-1)35-22-24-38(25-23-35)46-33-48-47-32-41(30-31-49(47)52-50(48)45-20-10-9-19-44(45)46)51(39-16-5-2-6-17-39)40-28-26-37(27-29-40)43-21-11-15-36-14-7-8-18-42(36)43/h1-33H. The first-order valence-electron chi connectivity index (χ1n) is 17.8. The van der Waals surface area contributed by atoms with Gasteiger partial charge in [-0.1, -0.05) is 152 Å².